The largest absolute Gasteiger partial charge is 0.478 e. The highest BCUT2D eigenvalue weighted by molar-refractivity contribution is 9.10. The zero-order valence-corrected chi connectivity index (χ0v) is 12.9. The third-order valence-corrected chi connectivity index (χ3v) is 3.97. The number of hydrogen-bond acceptors (Lipinski definition) is 3. The quantitative estimate of drug-likeness (QED) is 0.914. The van der Waals surface area contributed by atoms with Crippen LogP contribution in [0.15, 0.2) is 27.5 Å². The molecule has 1 N–H and O–H groups in total. The third-order valence-electron chi connectivity index (χ3n) is 3.06. The molecule has 0 amide bonds. The molecule has 1 aromatic carbocycles. The van der Waals surface area contributed by atoms with Crippen molar-refractivity contribution < 1.29 is 9.90 Å². The molecule has 20 heavy (non-hydrogen) atoms. The summed E-state index contributed by atoms with van der Waals surface area (Å²) >= 11 is 3.22. The van der Waals surface area contributed by atoms with Gasteiger partial charge < -0.3 is 5.11 Å². The maximum absolute atomic E-state index is 12.4. The van der Waals surface area contributed by atoms with Crippen LogP contribution in [0.3, 0.4) is 0 Å². The van der Waals surface area contributed by atoms with E-state index in [4.69, 9.17) is 5.11 Å². The van der Waals surface area contributed by atoms with E-state index in [1.807, 2.05) is 6.92 Å². The lowest BCUT2D eigenvalue weighted by Crippen LogP contribution is -2.24. The molecular formula is C14H13BrN2O3. The van der Waals surface area contributed by atoms with Gasteiger partial charge in [0.1, 0.15) is 10.3 Å². The highest BCUT2D eigenvalue weighted by Gasteiger charge is 2.14. The summed E-state index contributed by atoms with van der Waals surface area (Å²) in [6, 6.07) is 4.67. The van der Waals surface area contributed by atoms with E-state index in [1.54, 1.807) is 19.9 Å². The van der Waals surface area contributed by atoms with Gasteiger partial charge in [0.25, 0.3) is 5.56 Å². The van der Waals surface area contributed by atoms with Crippen molar-refractivity contribution in [1.29, 1.82) is 0 Å². The molecule has 0 aliphatic heterocycles. The highest BCUT2D eigenvalue weighted by Crippen LogP contribution is 2.18. The molecule has 5 nitrogen and oxygen atoms in total. The van der Waals surface area contributed by atoms with Crippen molar-refractivity contribution in [2.75, 3.05) is 0 Å². The minimum atomic E-state index is -1.03. The molecule has 2 aromatic rings. The number of halogens is 1. The number of aromatic nitrogens is 2. The number of nitrogens with zero attached hydrogens (tertiary/aromatic N) is 2. The fourth-order valence-corrected chi connectivity index (χ4v) is 2.27. The van der Waals surface area contributed by atoms with E-state index in [9.17, 15) is 9.59 Å². The number of carboxylic acids is 1. The first-order valence-corrected chi connectivity index (χ1v) is 6.72. The van der Waals surface area contributed by atoms with Gasteiger partial charge in [-0.15, -0.1) is 0 Å². The lowest BCUT2D eigenvalue weighted by molar-refractivity contribution is 0.0697. The van der Waals surface area contributed by atoms with Gasteiger partial charge in [0.2, 0.25) is 0 Å². The van der Waals surface area contributed by atoms with Crippen LogP contribution in [0.2, 0.25) is 0 Å². The van der Waals surface area contributed by atoms with Crippen molar-refractivity contribution in [2.45, 2.75) is 20.8 Å². The molecule has 0 aliphatic carbocycles. The van der Waals surface area contributed by atoms with Crippen LogP contribution in [0.5, 0.6) is 0 Å². The Balaban J connectivity index is 2.81. The Kier molecular flexibility index (Phi) is 3.76. The topological polar surface area (TPSA) is 72.2 Å². The third kappa shape index (κ3) is 2.38. The fraction of sp³-hybridized carbons (Fsp3) is 0.214. The van der Waals surface area contributed by atoms with Gasteiger partial charge in [-0.3, -0.25) is 9.36 Å². The monoisotopic (exact) mass is 336 g/mol. The van der Waals surface area contributed by atoms with Crippen LogP contribution in [0, 0.1) is 20.8 Å². The molecule has 1 aromatic heterocycles. The molecule has 0 saturated carbocycles. The molecule has 0 aliphatic rings. The predicted molar refractivity (Wildman–Crippen MR) is 78.7 cm³/mol. The van der Waals surface area contributed by atoms with Gasteiger partial charge in [-0.25, -0.2) is 9.78 Å². The normalized spacial score (nSPS) is 10.6. The Morgan fingerprint density at radius 3 is 2.55 bits per heavy atom. The van der Waals surface area contributed by atoms with E-state index in [-0.39, 0.29) is 11.1 Å². The second-order valence-electron chi connectivity index (χ2n) is 4.51. The predicted octanol–water partition coefficient (Wildman–Crippen LogP) is 2.62. The zero-order valence-electron chi connectivity index (χ0n) is 11.3. The first-order chi connectivity index (χ1) is 9.32. The Morgan fingerprint density at radius 1 is 1.30 bits per heavy atom. The Hall–Kier alpha value is -1.95. The van der Waals surface area contributed by atoms with Gasteiger partial charge in [0, 0.05) is 0 Å². The second kappa shape index (κ2) is 5.20. The standard InChI is InChI=1S/C14H13BrN2O3/c1-7-4-5-10(14(19)20)6-11(7)17-9(3)16-8(2)12(15)13(17)18/h4-6H,1-3H3,(H,19,20). The van der Waals surface area contributed by atoms with Gasteiger partial charge in [-0.2, -0.15) is 0 Å². The number of hydrogen-bond donors (Lipinski definition) is 1. The molecule has 0 fully saturated rings. The van der Waals surface area contributed by atoms with E-state index in [0.717, 1.165) is 5.56 Å². The molecule has 6 heteroatoms. The molecule has 2 rings (SSSR count). The van der Waals surface area contributed by atoms with Gasteiger partial charge in [-0.1, -0.05) is 6.07 Å². The van der Waals surface area contributed by atoms with Crippen LogP contribution in [0.4, 0.5) is 0 Å². The minimum Gasteiger partial charge on any atom is -0.478 e. The summed E-state index contributed by atoms with van der Waals surface area (Å²) in [6.45, 7) is 5.28. The van der Waals surface area contributed by atoms with Crippen molar-refractivity contribution in [3.63, 3.8) is 0 Å². The van der Waals surface area contributed by atoms with Crippen LogP contribution in [0.1, 0.15) is 27.4 Å². The molecule has 0 spiro atoms. The second-order valence-corrected chi connectivity index (χ2v) is 5.30. The van der Waals surface area contributed by atoms with E-state index in [2.05, 4.69) is 20.9 Å². The lowest BCUT2D eigenvalue weighted by Gasteiger charge is -2.14. The van der Waals surface area contributed by atoms with Crippen molar-refractivity contribution in [1.82, 2.24) is 9.55 Å². The first-order valence-electron chi connectivity index (χ1n) is 5.93. The molecule has 0 radical (unpaired) electrons. The minimum absolute atomic E-state index is 0.133. The number of carboxylic acid groups (broad SMARTS) is 1. The van der Waals surface area contributed by atoms with E-state index in [1.165, 1.54) is 16.7 Å². The highest BCUT2D eigenvalue weighted by atomic mass is 79.9. The SMILES string of the molecule is Cc1ccc(C(=O)O)cc1-n1c(C)nc(C)c(Br)c1=O. The van der Waals surface area contributed by atoms with Gasteiger partial charge >= 0.3 is 5.97 Å². The summed E-state index contributed by atoms with van der Waals surface area (Å²) in [4.78, 5) is 27.7. The summed E-state index contributed by atoms with van der Waals surface area (Å²) < 4.78 is 1.79. The van der Waals surface area contributed by atoms with Crippen LogP contribution >= 0.6 is 15.9 Å². The Bertz CT molecular complexity index is 766. The van der Waals surface area contributed by atoms with E-state index < -0.39 is 5.97 Å². The average Bonchev–Trinajstić information content (AvgIpc) is 2.38. The summed E-state index contributed by atoms with van der Waals surface area (Å²) in [7, 11) is 0. The van der Waals surface area contributed by atoms with Crippen molar-refractivity contribution in [3.8, 4) is 5.69 Å². The number of carbonyl (C=O) groups is 1. The van der Waals surface area contributed by atoms with Gasteiger partial charge in [0.05, 0.1) is 16.9 Å². The summed E-state index contributed by atoms with van der Waals surface area (Å²) in [5.41, 5.74) is 1.82. The zero-order chi connectivity index (χ0) is 15.0. The Labute approximate surface area is 124 Å². The van der Waals surface area contributed by atoms with E-state index in [0.29, 0.717) is 21.7 Å². The number of aryl methyl sites for hydroxylation is 3. The Morgan fingerprint density at radius 2 is 1.95 bits per heavy atom. The van der Waals surface area contributed by atoms with Crippen molar-refractivity contribution >= 4 is 21.9 Å². The van der Waals surface area contributed by atoms with Crippen LogP contribution in [-0.2, 0) is 0 Å². The van der Waals surface area contributed by atoms with Crippen molar-refractivity contribution in [2.24, 2.45) is 0 Å². The number of benzene rings is 1. The van der Waals surface area contributed by atoms with Crippen LogP contribution in [0.25, 0.3) is 5.69 Å². The summed E-state index contributed by atoms with van der Waals surface area (Å²) in [6.07, 6.45) is 0. The fourth-order valence-electron chi connectivity index (χ4n) is 2.01. The average molecular weight is 337 g/mol. The van der Waals surface area contributed by atoms with Crippen LogP contribution in [-0.4, -0.2) is 20.6 Å². The molecule has 0 saturated heterocycles. The summed E-state index contributed by atoms with van der Waals surface area (Å²) in [5.74, 6) is -0.516. The molecular weight excluding hydrogens is 324 g/mol. The number of rotatable bonds is 2. The summed E-state index contributed by atoms with van der Waals surface area (Å²) in [5, 5.41) is 9.07. The van der Waals surface area contributed by atoms with Gasteiger partial charge in [-0.05, 0) is 54.4 Å². The molecule has 1 heterocycles. The maximum Gasteiger partial charge on any atom is 0.335 e. The lowest BCUT2D eigenvalue weighted by atomic mass is 10.1. The number of aromatic carboxylic acids is 1. The smallest absolute Gasteiger partial charge is 0.335 e. The van der Waals surface area contributed by atoms with Crippen LogP contribution < -0.4 is 5.56 Å². The molecule has 0 unspecified atom stereocenters. The molecule has 104 valence electrons. The first kappa shape index (κ1) is 14.5. The molecule has 0 bridgehead atoms. The van der Waals surface area contributed by atoms with E-state index >= 15 is 0 Å². The van der Waals surface area contributed by atoms with Gasteiger partial charge in [0.15, 0.2) is 0 Å². The molecule has 0 atom stereocenters. The van der Waals surface area contributed by atoms with Crippen molar-refractivity contribution in [3.05, 3.63) is 55.7 Å². The maximum atomic E-state index is 12.4.